The van der Waals surface area contributed by atoms with E-state index in [1.807, 2.05) is 36.6 Å². The first kappa shape index (κ1) is 17.6. The van der Waals surface area contributed by atoms with Gasteiger partial charge >= 0.3 is 6.03 Å². The molecule has 0 aliphatic heterocycles. The Bertz CT molecular complexity index is 935. The molecule has 0 saturated heterocycles. The van der Waals surface area contributed by atoms with E-state index in [1.165, 1.54) is 16.9 Å². The second-order valence-electron chi connectivity index (χ2n) is 5.75. The zero-order valence-corrected chi connectivity index (χ0v) is 15.0. The van der Waals surface area contributed by atoms with Gasteiger partial charge in [-0.05, 0) is 25.1 Å². The van der Waals surface area contributed by atoms with E-state index in [0.717, 1.165) is 16.3 Å². The lowest BCUT2D eigenvalue weighted by molar-refractivity contribution is 0.0951. The maximum Gasteiger partial charge on any atom is 0.316 e. The predicted octanol–water partition coefficient (Wildman–Crippen LogP) is 3.54. The van der Waals surface area contributed by atoms with Crippen LogP contribution in [0.3, 0.4) is 0 Å². The van der Waals surface area contributed by atoms with E-state index in [-0.39, 0.29) is 5.91 Å². The second-order valence-corrected chi connectivity index (χ2v) is 6.69. The Kier molecular flexibility index (Phi) is 5.28. The molecule has 0 fully saturated rings. The first-order chi connectivity index (χ1) is 12.5. The van der Waals surface area contributed by atoms with E-state index in [1.54, 1.807) is 24.3 Å². The number of amides is 3. The van der Waals surface area contributed by atoms with E-state index in [4.69, 9.17) is 5.73 Å². The molecule has 2 aromatic carbocycles. The van der Waals surface area contributed by atoms with Crippen molar-refractivity contribution in [2.24, 2.45) is 5.73 Å². The van der Waals surface area contributed by atoms with Crippen LogP contribution in [0.25, 0.3) is 11.3 Å². The number of aryl methyl sites for hydroxylation is 1. The third-order valence-corrected chi connectivity index (χ3v) is 4.54. The number of nitrogens with zero attached hydrogens (tertiary/aromatic N) is 1. The van der Waals surface area contributed by atoms with Gasteiger partial charge in [0.2, 0.25) is 0 Å². The van der Waals surface area contributed by atoms with Gasteiger partial charge in [-0.25, -0.2) is 9.78 Å². The molecular weight excluding hydrogens is 348 g/mol. The summed E-state index contributed by atoms with van der Waals surface area (Å²) in [6.07, 6.45) is 0. The van der Waals surface area contributed by atoms with Gasteiger partial charge in [0.05, 0.1) is 12.2 Å². The second kappa shape index (κ2) is 7.79. The summed E-state index contributed by atoms with van der Waals surface area (Å²) in [6.45, 7) is 2.38. The monoisotopic (exact) mass is 366 g/mol. The Labute approximate surface area is 155 Å². The lowest BCUT2D eigenvalue weighted by Gasteiger charge is -2.06. The summed E-state index contributed by atoms with van der Waals surface area (Å²) < 4.78 is 0. The molecule has 0 bridgehead atoms. The van der Waals surface area contributed by atoms with Gasteiger partial charge in [-0.3, -0.25) is 4.79 Å². The number of urea groups is 1. The lowest BCUT2D eigenvalue weighted by Crippen LogP contribution is -2.23. The molecule has 6 nitrogen and oxygen atoms in total. The minimum Gasteiger partial charge on any atom is -0.351 e. The Morgan fingerprint density at radius 1 is 1.15 bits per heavy atom. The number of rotatable bonds is 5. The van der Waals surface area contributed by atoms with Crippen molar-refractivity contribution in [1.29, 1.82) is 0 Å². The number of anilines is 1. The van der Waals surface area contributed by atoms with Crippen molar-refractivity contribution in [3.63, 3.8) is 0 Å². The highest BCUT2D eigenvalue weighted by Crippen LogP contribution is 2.22. The van der Waals surface area contributed by atoms with Gasteiger partial charge in [-0.15, -0.1) is 11.3 Å². The van der Waals surface area contributed by atoms with Crippen LogP contribution in [0.15, 0.2) is 53.9 Å². The topological polar surface area (TPSA) is 97.1 Å². The SMILES string of the molecule is Cc1ccc(-c2csc(CNC(=O)c3cccc(NC(N)=O)c3)n2)cc1. The fourth-order valence-corrected chi connectivity index (χ4v) is 3.13. The molecule has 3 amide bonds. The highest BCUT2D eigenvalue weighted by Gasteiger charge is 2.09. The summed E-state index contributed by atoms with van der Waals surface area (Å²) in [5.41, 5.74) is 9.14. The van der Waals surface area contributed by atoms with Gasteiger partial charge in [0, 0.05) is 22.2 Å². The fourth-order valence-electron chi connectivity index (χ4n) is 2.39. The summed E-state index contributed by atoms with van der Waals surface area (Å²) >= 11 is 1.50. The molecule has 0 aliphatic rings. The maximum atomic E-state index is 12.3. The van der Waals surface area contributed by atoms with Crippen molar-refractivity contribution in [1.82, 2.24) is 10.3 Å². The van der Waals surface area contributed by atoms with Crippen molar-refractivity contribution >= 4 is 29.0 Å². The van der Waals surface area contributed by atoms with Gasteiger partial charge in [0.25, 0.3) is 5.91 Å². The zero-order valence-electron chi connectivity index (χ0n) is 14.2. The van der Waals surface area contributed by atoms with E-state index in [2.05, 4.69) is 15.6 Å². The first-order valence-corrected chi connectivity index (χ1v) is 8.85. The summed E-state index contributed by atoms with van der Waals surface area (Å²) in [7, 11) is 0. The van der Waals surface area contributed by atoms with Crippen LogP contribution in [-0.4, -0.2) is 16.9 Å². The van der Waals surface area contributed by atoms with Crippen molar-refractivity contribution in [3.8, 4) is 11.3 Å². The number of hydrogen-bond acceptors (Lipinski definition) is 4. The third kappa shape index (κ3) is 4.46. The predicted molar refractivity (Wildman–Crippen MR) is 103 cm³/mol. The van der Waals surface area contributed by atoms with E-state index < -0.39 is 6.03 Å². The summed E-state index contributed by atoms with van der Waals surface area (Å²) in [4.78, 5) is 27.8. The maximum absolute atomic E-state index is 12.3. The highest BCUT2D eigenvalue weighted by atomic mass is 32.1. The molecule has 0 spiro atoms. The van der Waals surface area contributed by atoms with Crippen LogP contribution < -0.4 is 16.4 Å². The summed E-state index contributed by atoms with van der Waals surface area (Å²) in [5, 5.41) is 8.08. The molecule has 0 unspecified atom stereocenters. The van der Waals surface area contributed by atoms with Crippen LogP contribution in [0, 0.1) is 6.92 Å². The van der Waals surface area contributed by atoms with Crippen molar-refractivity contribution in [2.75, 3.05) is 5.32 Å². The van der Waals surface area contributed by atoms with Gasteiger partial charge < -0.3 is 16.4 Å². The largest absolute Gasteiger partial charge is 0.351 e. The molecule has 26 heavy (non-hydrogen) atoms. The highest BCUT2D eigenvalue weighted by molar-refractivity contribution is 7.09. The number of primary amides is 1. The first-order valence-electron chi connectivity index (χ1n) is 7.97. The molecule has 0 saturated carbocycles. The molecule has 3 rings (SSSR count). The van der Waals surface area contributed by atoms with Crippen LogP contribution in [0.2, 0.25) is 0 Å². The lowest BCUT2D eigenvalue weighted by atomic mass is 10.1. The number of aromatic nitrogens is 1. The molecule has 4 N–H and O–H groups in total. The molecule has 0 radical (unpaired) electrons. The van der Waals surface area contributed by atoms with E-state index in [0.29, 0.717) is 17.8 Å². The smallest absolute Gasteiger partial charge is 0.316 e. The van der Waals surface area contributed by atoms with Crippen LogP contribution in [-0.2, 0) is 6.54 Å². The molecular formula is C19H18N4O2S. The average molecular weight is 366 g/mol. The molecule has 0 atom stereocenters. The van der Waals surface area contributed by atoms with Crippen LogP contribution in [0.1, 0.15) is 20.9 Å². The van der Waals surface area contributed by atoms with Gasteiger partial charge in [-0.1, -0.05) is 35.9 Å². The molecule has 0 aliphatic carbocycles. The van der Waals surface area contributed by atoms with Crippen LogP contribution in [0.4, 0.5) is 10.5 Å². The molecule has 1 aromatic heterocycles. The van der Waals surface area contributed by atoms with Crippen LogP contribution >= 0.6 is 11.3 Å². The quantitative estimate of drug-likeness (QED) is 0.644. The number of nitrogens with one attached hydrogen (secondary N) is 2. The van der Waals surface area contributed by atoms with Gasteiger partial charge in [0.1, 0.15) is 5.01 Å². The number of hydrogen-bond donors (Lipinski definition) is 3. The number of nitrogens with two attached hydrogens (primary N) is 1. The van der Waals surface area contributed by atoms with Crippen LogP contribution in [0.5, 0.6) is 0 Å². The van der Waals surface area contributed by atoms with Crippen molar-refractivity contribution in [2.45, 2.75) is 13.5 Å². The Balaban J connectivity index is 1.63. The Morgan fingerprint density at radius 2 is 1.92 bits per heavy atom. The van der Waals surface area contributed by atoms with Gasteiger partial charge in [-0.2, -0.15) is 0 Å². The number of carbonyl (C=O) groups is 2. The van der Waals surface area contributed by atoms with Crippen molar-refractivity contribution in [3.05, 3.63) is 70.0 Å². The van der Waals surface area contributed by atoms with Crippen molar-refractivity contribution < 1.29 is 9.59 Å². The molecule has 7 heteroatoms. The summed E-state index contributed by atoms with van der Waals surface area (Å²) in [5.74, 6) is -0.245. The van der Waals surface area contributed by atoms with E-state index in [9.17, 15) is 9.59 Å². The van der Waals surface area contributed by atoms with E-state index >= 15 is 0 Å². The standard InChI is InChI=1S/C19H18N4O2S/c1-12-5-7-13(8-6-12)16-11-26-17(23-16)10-21-18(24)14-3-2-4-15(9-14)22-19(20)25/h2-9,11H,10H2,1H3,(H,21,24)(H3,20,22,25). The summed E-state index contributed by atoms with van der Waals surface area (Å²) in [6, 6.07) is 14.1. The number of benzene rings is 2. The third-order valence-electron chi connectivity index (χ3n) is 3.69. The molecule has 1 heterocycles. The minimum atomic E-state index is -0.672. The minimum absolute atomic E-state index is 0.245. The molecule has 132 valence electrons. The fraction of sp³-hybridized carbons (Fsp3) is 0.105. The number of thiazole rings is 1. The molecule has 3 aromatic rings. The average Bonchev–Trinajstić information content (AvgIpc) is 3.09. The zero-order chi connectivity index (χ0) is 18.5. The van der Waals surface area contributed by atoms with Gasteiger partial charge in [0.15, 0.2) is 0 Å². The number of carbonyl (C=O) groups excluding carboxylic acids is 2. The Morgan fingerprint density at radius 3 is 2.65 bits per heavy atom. The Hall–Kier alpha value is -3.19. The normalized spacial score (nSPS) is 10.3.